The second kappa shape index (κ2) is 8.24. The molecule has 7 heteroatoms. The maximum absolute atomic E-state index is 12.1. The molecule has 0 aliphatic carbocycles. The molecule has 0 saturated carbocycles. The standard InChI is InChI=1S/C17H22N2O5/c1-5-6-13(11-20)15(18-16(21)24-17(2,3)4)12-7-9-14(10-8-12)19(22)23/h6-11,15H,5H2,1-4H3,(H,18,21)/b13-6-/t15-/m1/s1. The highest BCUT2D eigenvalue weighted by atomic mass is 16.6. The average molecular weight is 334 g/mol. The summed E-state index contributed by atoms with van der Waals surface area (Å²) in [4.78, 5) is 33.7. The highest BCUT2D eigenvalue weighted by Crippen LogP contribution is 2.24. The second-order valence-corrected chi connectivity index (χ2v) is 6.16. The molecule has 0 aliphatic heterocycles. The Hall–Kier alpha value is -2.70. The largest absolute Gasteiger partial charge is 0.444 e. The number of alkyl carbamates (subject to hydrolysis) is 1. The Balaban J connectivity index is 3.14. The van der Waals surface area contributed by atoms with E-state index in [0.717, 1.165) is 0 Å². The third-order valence-electron chi connectivity index (χ3n) is 3.01. The first-order chi connectivity index (χ1) is 11.2. The molecule has 0 spiro atoms. The number of nitrogens with zero attached hydrogens (tertiary/aromatic N) is 1. The van der Waals surface area contributed by atoms with Crippen LogP contribution in [0, 0.1) is 10.1 Å². The molecule has 0 aromatic heterocycles. The van der Waals surface area contributed by atoms with Gasteiger partial charge in [0.15, 0.2) is 0 Å². The first-order valence-electron chi connectivity index (χ1n) is 7.57. The van der Waals surface area contributed by atoms with Crippen LogP contribution in [0.3, 0.4) is 0 Å². The van der Waals surface area contributed by atoms with Crippen LogP contribution in [0.2, 0.25) is 0 Å². The monoisotopic (exact) mass is 334 g/mol. The summed E-state index contributed by atoms with van der Waals surface area (Å²) in [5.74, 6) is 0. The zero-order valence-electron chi connectivity index (χ0n) is 14.2. The van der Waals surface area contributed by atoms with E-state index < -0.39 is 22.7 Å². The number of hydrogen-bond acceptors (Lipinski definition) is 5. The normalized spacial score (nSPS) is 13.1. The zero-order chi connectivity index (χ0) is 18.3. The van der Waals surface area contributed by atoms with E-state index in [1.165, 1.54) is 24.3 Å². The van der Waals surface area contributed by atoms with E-state index in [-0.39, 0.29) is 5.69 Å². The van der Waals surface area contributed by atoms with Crippen molar-refractivity contribution < 1.29 is 19.2 Å². The van der Waals surface area contributed by atoms with Gasteiger partial charge >= 0.3 is 6.09 Å². The Kier molecular flexibility index (Phi) is 6.64. The molecule has 0 heterocycles. The van der Waals surface area contributed by atoms with Crippen LogP contribution in [0.25, 0.3) is 0 Å². The van der Waals surface area contributed by atoms with Crippen molar-refractivity contribution in [3.63, 3.8) is 0 Å². The number of nitro groups is 1. The van der Waals surface area contributed by atoms with Crippen molar-refractivity contribution in [3.8, 4) is 0 Å². The lowest BCUT2D eigenvalue weighted by Gasteiger charge is -2.24. The summed E-state index contributed by atoms with van der Waals surface area (Å²) in [6.07, 6.45) is 2.28. The SMILES string of the molecule is CC/C=C(/C=O)[C@H](NC(=O)OC(C)(C)C)c1ccc([N+](=O)[O-])cc1. The van der Waals surface area contributed by atoms with Crippen LogP contribution in [0.5, 0.6) is 0 Å². The summed E-state index contributed by atoms with van der Waals surface area (Å²) >= 11 is 0. The number of non-ortho nitro benzene ring substituents is 1. The van der Waals surface area contributed by atoms with Crippen LogP contribution < -0.4 is 5.32 Å². The summed E-state index contributed by atoms with van der Waals surface area (Å²) in [6.45, 7) is 7.06. The molecular weight excluding hydrogens is 312 g/mol. The summed E-state index contributed by atoms with van der Waals surface area (Å²) in [6, 6.07) is 4.93. The predicted octanol–water partition coefficient (Wildman–Crippen LogP) is 3.70. The molecule has 0 aliphatic rings. The van der Waals surface area contributed by atoms with Crippen molar-refractivity contribution in [2.75, 3.05) is 0 Å². The number of aldehydes is 1. The van der Waals surface area contributed by atoms with E-state index in [4.69, 9.17) is 4.74 Å². The molecule has 130 valence electrons. The van der Waals surface area contributed by atoms with Gasteiger partial charge in [0.05, 0.1) is 11.0 Å². The zero-order valence-corrected chi connectivity index (χ0v) is 14.2. The molecular formula is C17H22N2O5. The minimum absolute atomic E-state index is 0.0677. The van der Waals surface area contributed by atoms with Gasteiger partial charge < -0.3 is 10.1 Å². The van der Waals surface area contributed by atoms with E-state index in [1.807, 2.05) is 6.92 Å². The van der Waals surface area contributed by atoms with Gasteiger partial charge in [0.2, 0.25) is 0 Å². The van der Waals surface area contributed by atoms with E-state index in [2.05, 4.69) is 5.32 Å². The van der Waals surface area contributed by atoms with Gasteiger partial charge in [-0.05, 0) is 44.9 Å². The van der Waals surface area contributed by atoms with Crippen molar-refractivity contribution in [2.45, 2.75) is 45.8 Å². The molecule has 1 rings (SSSR count). The number of carbonyl (C=O) groups is 2. The predicted molar refractivity (Wildman–Crippen MR) is 89.6 cm³/mol. The van der Waals surface area contributed by atoms with Crippen LogP contribution in [-0.4, -0.2) is 22.9 Å². The van der Waals surface area contributed by atoms with Crippen LogP contribution in [0.15, 0.2) is 35.9 Å². The van der Waals surface area contributed by atoms with Crippen molar-refractivity contribution in [1.82, 2.24) is 5.32 Å². The second-order valence-electron chi connectivity index (χ2n) is 6.16. The summed E-state index contributed by atoms with van der Waals surface area (Å²) in [5.41, 5.74) is 0.164. The van der Waals surface area contributed by atoms with Crippen molar-refractivity contribution >= 4 is 18.1 Å². The Morgan fingerprint density at radius 1 is 1.33 bits per heavy atom. The minimum Gasteiger partial charge on any atom is -0.444 e. The average Bonchev–Trinajstić information content (AvgIpc) is 2.49. The Bertz CT molecular complexity index is 629. The van der Waals surface area contributed by atoms with Gasteiger partial charge in [-0.1, -0.05) is 13.0 Å². The smallest absolute Gasteiger partial charge is 0.408 e. The molecule has 1 amide bonds. The molecule has 0 fully saturated rings. The number of nitrogens with one attached hydrogen (secondary N) is 1. The lowest BCUT2D eigenvalue weighted by atomic mass is 9.98. The molecule has 0 radical (unpaired) electrons. The fourth-order valence-corrected chi connectivity index (χ4v) is 2.04. The third kappa shape index (κ3) is 5.83. The quantitative estimate of drug-likeness (QED) is 0.370. The van der Waals surface area contributed by atoms with E-state index in [9.17, 15) is 19.7 Å². The lowest BCUT2D eigenvalue weighted by Crippen LogP contribution is -2.36. The number of ether oxygens (including phenoxy) is 1. The highest BCUT2D eigenvalue weighted by molar-refractivity contribution is 5.78. The molecule has 0 bridgehead atoms. The van der Waals surface area contributed by atoms with Crippen LogP contribution in [0.1, 0.15) is 45.7 Å². The molecule has 1 atom stereocenters. The molecule has 1 aromatic carbocycles. The van der Waals surface area contributed by atoms with Gasteiger partial charge in [-0.3, -0.25) is 14.9 Å². The van der Waals surface area contributed by atoms with Gasteiger partial charge in [0, 0.05) is 17.7 Å². The Morgan fingerprint density at radius 3 is 2.33 bits per heavy atom. The topological polar surface area (TPSA) is 98.5 Å². The lowest BCUT2D eigenvalue weighted by molar-refractivity contribution is -0.384. The maximum Gasteiger partial charge on any atom is 0.408 e. The van der Waals surface area contributed by atoms with Crippen LogP contribution in [-0.2, 0) is 9.53 Å². The number of amides is 1. The molecule has 24 heavy (non-hydrogen) atoms. The maximum atomic E-state index is 12.1. The van der Waals surface area contributed by atoms with Crippen LogP contribution in [0.4, 0.5) is 10.5 Å². The minimum atomic E-state index is -0.738. The summed E-state index contributed by atoms with van der Waals surface area (Å²) in [7, 11) is 0. The van der Waals surface area contributed by atoms with E-state index in [0.29, 0.717) is 23.8 Å². The van der Waals surface area contributed by atoms with Crippen molar-refractivity contribution in [2.24, 2.45) is 0 Å². The summed E-state index contributed by atoms with van der Waals surface area (Å²) < 4.78 is 5.22. The number of allylic oxidation sites excluding steroid dienone is 1. The number of nitro benzene ring substituents is 1. The molecule has 7 nitrogen and oxygen atoms in total. The number of benzene rings is 1. The Morgan fingerprint density at radius 2 is 1.92 bits per heavy atom. The fourth-order valence-electron chi connectivity index (χ4n) is 2.04. The van der Waals surface area contributed by atoms with E-state index >= 15 is 0 Å². The van der Waals surface area contributed by atoms with Gasteiger partial charge in [0.1, 0.15) is 11.9 Å². The van der Waals surface area contributed by atoms with Crippen molar-refractivity contribution in [3.05, 3.63) is 51.6 Å². The highest BCUT2D eigenvalue weighted by Gasteiger charge is 2.23. The van der Waals surface area contributed by atoms with Crippen molar-refractivity contribution in [1.29, 1.82) is 0 Å². The Labute approximate surface area is 140 Å². The number of hydrogen-bond donors (Lipinski definition) is 1. The third-order valence-corrected chi connectivity index (χ3v) is 3.01. The van der Waals surface area contributed by atoms with E-state index in [1.54, 1.807) is 26.8 Å². The molecule has 1 aromatic rings. The van der Waals surface area contributed by atoms with Crippen LogP contribution >= 0.6 is 0 Å². The molecule has 0 saturated heterocycles. The first-order valence-corrected chi connectivity index (χ1v) is 7.57. The number of carbonyl (C=O) groups excluding carboxylic acids is 2. The number of rotatable bonds is 6. The van der Waals surface area contributed by atoms with Gasteiger partial charge in [-0.2, -0.15) is 0 Å². The molecule has 0 unspecified atom stereocenters. The first kappa shape index (κ1) is 19.3. The summed E-state index contributed by atoms with van der Waals surface area (Å²) in [5, 5.41) is 13.4. The van der Waals surface area contributed by atoms with Gasteiger partial charge in [0.25, 0.3) is 5.69 Å². The van der Waals surface area contributed by atoms with Gasteiger partial charge in [-0.15, -0.1) is 0 Å². The molecule has 1 N–H and O–H groups in total. The van der Waals surface area contributed by atoms with Gasteiger partial charge in [-0.25, -0.2) is 4.79 Å². The fraction of sp³-hybridized carbons (Fsp3) is 0.412.